The van der Waals surface area contributed by atoms with Gasteiger partial charge in [-0.25, -0.2) is 0 Å². The average molecular weight is 391 g/mol. The summed E-state index contributed by atoms with van der Waals surface area (Å²) in [6.45, 7) is 3.96. The molecule has 2 heterocycles. The highest BCUT2D eigenvalue weighted by atomic mass is 16.5. The summed E-state index contributed by atoms with van der Waals surface area (Å²) < 4.78 is 10.6. The summed E-state index contributed by atoms with van der Waals surface area (Å²) in [5, 5.41) is 2.37. The van der Waals surface area contributed by atoms with Gasteiger partial charge in [0.15, 0.2) is 0 Å². The molecule has 2 aliphatic carbocycles. The number of benzene rings is 2. The molecule has 6 rings (SSSR count). The first-order chi connectivity index (χ1) is 13.9. The van der Waals surface area contributed by atoms with Crippen LogP contribution in [0.1, 0.15) is 37.3 Å². The van der Waals surface area contributed by atoms with Crippen molar-refractivity contribution in [3.63, 3.8) is 0 Å². The highest BCUT2D eigenvalue weighted by molar-refractivity contribution is 6.10. The van der Waals surface area contributed by atoms with Gasteiger partial charge in [0.2, 0.25) is 0 Å². The largest absolute Gasteiger partial charge is 0.469 e. The third-order valence-corrected chi connectivity index (χ3v) is 7.66. The Morgan fingerprint density at radius 1 is 1.10 bits per heavy atom. The highest BCUT2D eigenvalue weighted by Gasteiger charge is 2.71. The number of esters is 2. The topological polar surface area (TPSA) is 65.0 Å². The van der Waals surface area contributed by atoms with E-state index in [0.717, 1.165) is 17.7 Å². The van der Waals surface area contributed by atoms with Crippen LogP contribution < -0.4 is 0 Å². The Morgan fingerprint density at radius 2 is 1.86 bits per heavy atom. The minimum atomic E-state index is -0.916. The van der Waals surface area contributed by atoms with E-state index in [1.54, 1.807) is 0 Å². The second kappa shape index (κ2) is 5.91. The van der Waals surface area contributed by atoms with Crippen LogP contribution >= 0.6 is 0 Å². The van der Waals surface area contributed by atoms with Gasteiger partial charge in [0.25, 0.3) is 0 Å². The van der Waals surface area contributed by atoms with Crippen molar-refractivity contribution in [2.75, 3.05) is 14.2 Å². The Balaban J connectivity index is 1.87. The van der Waals surface area contributed by atoms with E-state index in [-0.39, 0.29) is 23.8 Å². The van der Waals surface area contributed by atoms with Crippen molar-refractivity contribution in [2.24, 2.45) is 22.2 Å². The lowest BCUT2D eigenvalue weighted by molar-refractivity contribution is -0.167. The third-order valence-electron chi connectivity index (χ3n) is 7.66. The van der Waals surface area contributed by atoms with E-state index < -0.39 is 16.9 Å². The van der Waals surface area contributed by atoms with Crippen LogP contribution in [-0.2, 0) is 25.5 Å². The summed E-state index contributed by atoms with van der Waals surface area (Å²) in [5.74, 6) is -1.41. The van der Waals surface area contributed by atoms with Gasteiger partial charge in [0.1, 0.15) is 5.41 Å². The second-order valence-electron chi connectivity index (χ2n) is 8.85. The summed E-state index contributed by atoms with van der Waals surface area (Å²) >= 11 is 0. The standard InChI is InChI=1S/C24H25NO4/c1-13-24(22(27)29-4)15-11-18-16-8-6-5-7-14(16)9-10-17(18)19(24)20(21(26)28-3)23(2,12-15)25-13/h5-10,15,19-20H,11-12H2,1-4H3/t15?,19?,20?,23-,24+/m0/s1. The molecule has 5 atom stereocenters. The van der Waals surface area contributed by atoms with Crippen LogP contribution in [0.4, 0.5) is 0 Å². The van der Waals surface area contributed by atoms with Crippen molar-refractivity contribution >= 4 is 28.4 Å². The maximum absolute atomic E-state index is 13.3. The zero-order valence-corrected chi connectivity index (χ0v) is 17.2. The van der Waals surface area contributed by atoms with Gasteiger partial charge in [0, 0.05) is 11.6 Å². The van der Waals surface area contributed by atoms with Crippen LogP contribution in [0.2, 0.25) is 0 Å². The molecule has 0 aromatic heterocycles. The van der Waals surface area contributed by atoms with Crippen LogP contribution in [-0.4, -0.2) is 37.4 Å². The molecule has 0 amide bonds. The number of ether oxygens (including phenoxy) is 2. The number of rotatable bonds is 2. The molecule has 1 fully saturated rings. The van der Waals surface area contributed by atoms with E-state index in [4.69, 9.17) is 14.5 Å². The van der Waals surface area contributed by atoms with Crippen molar-refractivity contribution in [3.8, 4) is 0 Å². The van der Waals surface area contributed by atoms with Gasteiger partial charge in [-0.3, -0.25) is 14.6 Å². The number of aliphatic imine (C=N–C) groups is 1. The predicted molar refractivity (Wildman–Crippen MR) is 110 cm³/mol. The summed E-state index contributed by atoms with van der Waals surface area (Å²) in [6.07, 6.45) is 1.44. The Hall–Kier alpha value is -2.69. The fourth-order valence-corrected chi connectivity index (χ4v) is 6.68. The van der Waals surface area contributed by atoms with E-state index in [9.17, 15) is 9.59 Å². The van der Waals surface area contributed by atoms with Crippen molar-refractivity contribution < 1.29 is 19.1 Å². The van der Waals surface area contributed by atoms with E-state index in [0.29, 0.717) is 6.42 Å². The fourth-order valence-electron chi connectivity index (χ4n) is 6.68. The van der Waals surface area contributed by atoms with E-state index >= 15 is 0 Å². The van der Waals surface area contributed by atoms with Gasteiger partial charge in [-0.15, -0.1) is 0 Å². The molecular weight excluding hydrogens is 366 g/mol. The normalized spacial score (nSPS) is 34.3. The summed E-state index contributed by atoms with van der Waals surface area (Å²) in [5.41, 5.74) is 1.59. The molecule has 5 nitrogen and oxygen atoms in total. The first-order valence-electron chi connectivity index (χ1n) is 10.1. The number of hydrogen-bond donors (Lipinski definition) is 0. The summed E-state index contributed by atoms with van der Waals surface area (Å²) in [7, 11) is 2.84. The highest BCUT2D eigenvalue weighted by Crippen LogP contribution is 2.66. The van der Waals surface area contributed by atoms with Crippen molar-refractivity contribution in [1.82, 2.24) is 0 Å². The number of carbonyl (C=O) groups excluding carboxylic acids is 2. The quantitative estimate of drug-likeness (QED) is 0.733. The molecule has 2 aromatic carbocycles. The molecule has 4 aliphatic rings. The van der Waals surface area contributed by atoms with E-state index in [1.807, 2.05) is 26.0 Å². The van der Waals surface area contributed by atoms with E-state index in [2.05, 4.69) is 24.3 Å². The molecule has 150 valence electrons. The number of methoxy groups -OCH3 is 2. The van der Waals surface area contributed by atoms with Crippen LogP contribution in [0, 0.1) is 17.3 Å². The monoisotopic (exact) mass is 391 g/mol. The molecule has 0 saturated heterocycles. The molecule has 3 unspecified atom stereocenters. The summed E-state index contributed by atoms with van der Waals surface area (Å²) in [4.78, 5) is 31.3. The molecule has 1 saturated carbocycles. The minimum Gasteiger partial charge on any atom is -0.469 e. The maximum Gasteiger partial charge on any atom is 0.318 e. The lowest BCUT2D eigenvalue weighted by atomic mass is 9.42. The number of carbonyl (C=O) groups is 2. The second-order valence-corrected chi connectivity index (χ2v) is 8.85. The molecule has 4 bridgehead atoms. The molecular formula is C24H25NO4. The first-order valence-corrected chi connectivity index (χ1v) is 10.1. The zero-order chi connectivity index (χ0) is 20.6. The molecule has 0 radical (unpaired) electrons. The Bertz CT molecular complexity index is 1090. The molecule has 5 heteroatoms. The molecule has 2 aliphatic heterocycles. The molecule has 0 N–H and O–H groups in total. The van der Waals surface area contributed by atoms with Crippen molar-refractivity contribution in [2.45, 2.75) is 38.1 Å². The third kappa shape index (κ3) is 2.08. The minimum absolute atomic E-state index is 0.0432. The fraction of sp³-hybridized carbons (Fsp3) is 0.458. The van der Waals surface area contributed by atoms with Crippen molar-refractivity contribution in [1.29, 1.82) is 0 Å². The number of nitrogens with zero attached hydrogens (tertiary/aromatic N) is 1. The lowest BCUT2D eigenvalue weighted by Crippen LogP contribution is -2.68. The van der Waals surface area contributed by atoms with Gasteiger partial charge >= 0.3 is 11.9 Å². The smallest absolute Gasteiger partial charge is 0.318 e. The van der Waals surface area contributed by atoms with Gasteiger partial charge in [-0.2, -0.15) is 0 Å². The Labute approximate surface area is 170 Å². The van der Waals surface area contributed by atoms with Crippen LogP contribution in [0.25, 0.3) is 10.8 Å². The molecule has 2 aromatic rings. The maximum atomic E-state index is 13.3. The average Bonchev–Trinajstić information content (AvgIpc) is 2.71. The van der Waals surface area contributed by atoms with Gasteiger partial charge in [0.05, 0.1) is 25.7 Å². The SMILES string of the molecule is COC(=O)C1C2c3ccc4ccccc4c3CC3C[C@]1(C)N=C(C)[C@@]32C(=O)OC. The molecule has 0 spiro atoms. The van der Waals surface area contributed by atoms with Crippen molar-refractivity contribution in [3.05, 3.63) is 47.5 Å². The zero-order valence-electron chi connectivity index (χ0n) is 17.2. The Morgan fingerprint density at radius 3 is 2.59 bits per heavy atom. The van der Waals surface area contributed by atoms with Gasteiger partial charge < -0.3 is 9.47 Å². The van der Waals surface area contributed by atoms with Crippen LogP contribution in [0.5, 0.6) is 0 Å². The summed E-state index contributed by atoms with van der Waals surface area (Å²) in [6, 6.07) is 12.5. The van der Waals surface area contributed by atoms with Crippen LogP contribution in [0.3, 0.4) is 0 Å². The van der Waals surface area contributed by atoms with Gasteiger partial charge in [-0.05, 0) is 54.5 Å². The molecule has 29 heavy (non-hydrogen) atoms. The predicted octanol–water partition coefficient (Wildman–Crippen LogP) is 3.68. The van der Waals surface area contributed by atoms with Gasteiger partial charge in [-0.1, -0.05) is 36.4 Å². The Kier molecular flexibility index (Phi) is 3.74. The first kappa shape index (κ1) is 18.3. The van der Waals surface area contributed by atoms with E-state index in [1.165, 1.54) is 30.6 Å². The number of hydrogen-bond acceptors (Lipinski definition) is 5. The number of fused-ring (bicyclic) bond motifs is 3. The lowest BCUT2D eigenvalue weighted by Gasteiger charge is -2.62. The van der Waals surface area contributed by atoms with Crippen LogP contribution in [0.15, 0.2) is 41.4 Å².